The molecule has 0 amide bonds. The molecule has 1 N–H and O–H groups in total. The molecule has 3 nitrogen and oxygen atoms in total. The molecule has 1 aromatic carbocycles. The minimum absolute atomic E-state index is 0. The number of nitrogens with one attached hydrogen (secondary N) is 1. The summed E-state index contributed by atoms with van der Waals surface area (Å²) in [5.41, 5.74) is 0.907. The Morgan fingerprint density at radius 1 is 1.38 bits per heavy atom. The fourth-order valence-electron chi connectivity index (χ4n) is 2.63. The van der Waals surface area contributed by atoms with Crippen molar-refractivity contribution in [3.05, 3.63) is 42.2 Å². The van der Waals surface area contributed by atoms with Crippen molar-refractivity contribution >= 4 is 24.8 Å². The van der Waals surface area contributed by atoms with Gasteiger partial charge >= 0.3 is 0 Å². The summed E-state index contributed by atoms with van der Waals surface area (Å²) in [5.74, 6) is 0.0529. The highest BCUT2D eigenvalue weighted by molar-refractivity contribution is 5.85. The average Bonchev–Trinajstić information content (AvgIpc) is 2.45. The summed E-state index contributed by atoms with van der Waals surface area (Å²) in [6.07, 6.45) is 2.68. The zero-order valence-corrected chi connectivity index (χ0v) is 13.8. The van der Waals surface area contributed by atoms with E-state index in [0.29, 0.717) is 5.75 Å². The van der Waals surface area contributed by atoms with Gasteiger partial charge in [0.1, 0.15) is 0 Å². The lowest BCUT2D eigenvalue weighted by Crippen LogP contribution is -2.45. The van der Waals surface area contributed by atoms with E-state index >= 15 is 0 Å². The predicted octanol–water partition coefficient (Wildman–Crippen LogP) is 3.20. The molecule has 0 saturated carbocycles. The van der Waals surface area contributed by atoms with Crippen LogP contribution in [-0.2, 0) is 0 Å². The van der Waals surface area contributed by atoms with Gasteiger partial charge in [0.05, 0.1) is 7.11 Å². The number of nitrogens with zero attached hydrogens (tertiary/aromatic N) is 1. The van der Waals surface area contributed by atoms with E-state index in [4.69, 9.17) is 4.74 Å². The summed E-state index contributed by atoms with van der Waals surface area (Å²) in [6, 6.07) is 5.25. The lowest BCUT2D eigenvalue weighted by atomic mass is 9.99. The second-order valence-corrected chi connectivity index (χ2v) is 4.69. The van der Waals surface area contributed by atoms with E-state index in [0.717, 1.165) is 38.2 Å². The second-order valence-electron chi connectivity index (χ2n) is 4.69. The van der Waals surface area contributed by atoms with Crippen molar-refractivity contribution in [1.82, 2.24) is 10.2 Å². The Morgan fingerprint density at radius 2 is 2.05 bits per heavy atom. The van der Waals surface area contributed by atoms with Gasteiger partial charge in [0.15, 0.2) is 11.6 Å². The van der Waals surface area contributed by atoms with Crippen molar-refractivity contribution in [2.75, 3.05) is 33.3 Å². The first-order chi connectivity index (χ1) is 9.27. The average molecular weight is 337 g/mol. The molecule has 21 heavy (non-hydrogen) atoms. The zero-order valence-electron chi connectivity index (χ0n) is 12.2. The SMILES string of the molecule is C=CC[C@H](c1cccc(F)c1OC)N1CCNCC1.Cl.Cl. The number of rotatable bonds is 5. The van der Waals surface area contributed by atoms with Crippen molar-refractivity contribution in [1.29, 1.82) is 0 Å². The molecule has 1 saturated heterocycles. The fraction of sp³-hybridized carbons (Fsp3) is 0.467. The molecule has 2 rings (SSSR count). The van der Waals surface area contributed by atoms with Crippen molar-refractivity contribution in [3.63, 3.8) is 0 Å². The third-order valence-electron chi connectivity index (χ3n) is 3.54. The lowest BCUT2D eigenvalue weighted by molar-refractivity contribution is 0.171. The number of hydrogen-bond donors (Lipinski definition) is 1. The van der Waals surface area contributed by atoms with Gasteiger partial charge in [-0.05, 0) is 12.5 Å². The standard InChI is InChI=1S/C15H21FN2O.2ClH/c1-3-5-14(18-10-8-17-9-11-18)12-6-4-7-13(16)15(12)19-2;;/h3-4,6-7,14,17H,1,5,8-11H2,2H3;2*1H/t14-;;/m1../s1. The van der Waals surface area contributed by atoms with E-state index in [2.05, 4.69) is 16.8 Å². The Morgan fingerprint density at radius 3 is 2.62 bits per heavy atom. The maximum Gasteiger partial charge on any atom is 0.165 e. The van der Waals surface area contributed by atoms with E-state index in [1.807, 2.05) is 12.1 Å². The molecule has 1 atom stereocenters. The molecule has 1 aromatic rings. The fourth-order valence-corrected chi connectivity index (χ4v) is 2.63. The van der Waals surface area contributed by atoms with Crippen molar-refractivity contribution in [2.45, 2.75) is 12.5 Å². The van der Waals surface area contributed by atoms with Crippen LogP contribution >= 0.6 is 24.8 Å². The summed E-state index contributed by atoms with van der Waals surface area (Å²) in [5, 5.41) is 3.33. The lowest BCUT2D eigenvalue weighted by Gasteiger charge is -2.35. The van der Waals surface area contributed by atoms with Crippen LogP contribution in [0.15, 0.2) is 30.9 Å². The van der Waals surface area contributed by atoms with Gasteiger partial charge in [0.2, 0.25) is 0 Å². The van der Waals surface area contributed by atoms with Crippen LogP contribution in [0.25, 0.3) is 0 Å². The molecule has 0 bridgehead atoms. The Kier molecular flexibility index (Phi) is 9.62. The number of para-hydroxylation sites is 1. The smallest absolute Gasteiger partial charge is 0.165 e. The first-order valence-electron chi connectivity index (χ1n) is 6.66. The van der Waals surface area contributed by atoms with Gasteiger partial charge in [0.25, 0.3) is 0 Å². The van der Waals surface area contributed by atoms with Crippen molar-refractivity contribution in [3.8, 4) is 5.75 Å². The van der Waals surface area contributed by atoms with Gasteiger partial charge in [-0.15, -0.1) is 31.4 Å². The molecule has 0 aromatic heterocycles. The number of ether oxygens (including phenoxy) is 1. The highest BCUT2D eigenvalue weighted by Crippen LogP contribution is 2.34. The third kappa shape index (κ3) is 4.85. The summed E-state index contributed by atoms with van der Waals surface area (Å²) in [6.45, 7) is 7.66. The quantitative estimate of drug-likeness (QED) is 0.835. The Hall–Kier alpha value is -0.810. The van der Waals surface area contributed by atoms with Crippen LogP contribution in [0.1, 0.15) is 18.0 Å². The van der Waals surface area contributed by atoms with Crippen LogP contribution in [0.2, 0.25) is 0 Å². The Labute approximate surface area is 138 Å². The molecular weight excluding hydrogens is 314 g/mol. The number of methoxy groups -OCH3 is 1. The monoisotopic (exact) mass is 336 g/mol. The van der Waals surface area contributed by atoms with Crippen LogP contribution in [0.5, 0.6) is 5.75 Å². The topological polar surface area (TPSA) is 24.5 Å². The summed E-state index contributed by atoms with van der Waals surface area (Å²) in [7, 11) is 1.52. The summed E-state index contributed by atoms with van der Waals surface area (Å²) in [4.78, 5) is 2.36. The number of hydrogen-bond acceptors (Lipinski definition) is 3. The van der Waals surface area contributed by atoms with Gasteiger partial charge in [0, 0.05) is 37.8 Å². The van der Waals surface area contributed by atoms with Crippen LogP contribution in [0.3, 0.4) is 0 Å². The predicted molar refractivity (Wildman–Crippen MR) is 89.4 cm³/mol. The molecule has 1 aliphatic heterocycles. The molecule has 0 aliphatic carbocycles. The molecule has 0 radical (unpaired) electrons. The number of benzene rings is 1. The molecular formula is C15H23Cl2FN2O. The minimum atomic E-state index is -0.302. The van der Waals surface area contributed by atoms with Crippen LogP contribution in [0, 0.1) is 5.82 Å². The maximum atomic E-state index is 13.8. The first kappa shape index (κ1) is 20.2. The first-order valence-corrected chi connectivity index (χ1v) is 6.66. The van der Waals surface area contributed by atoms with Crippen LogP contribution in [0.4, 0.5) is 4.39 Å². The Bertz CT molecular complexity index is 440. The van der Waals surface area contributed by atoms with Crippen LogP contribution < -0.4 is 10.1 Å². The number of piperazine rings is 1. The van der Waals surface area contributed by atoms with E-state index in [9.17, 15) is 4.39 Å². The van der Waals surface area contributed by atoms with Gasteiger partial charge in [-0.3, -0.25) is 4.90 Å². The second kappa shape index (κ2) is 10.0. The van der Waals surface area contributed by atoms with Gasteiger partial charge in [-0.2, -0.15) is 0 Å². The third-order valence-corrected chi connectivity index (χ3v) is 3.54. The largest absolute Gasteiger partial charge is 0.493 e. The van der Waals surface area contributed by atoms with E-state index in [1.54, 1.807) is 6.07 Å². The highest BCUT2D eigenvalue weighted by atomic mass is 35.5. The number of halogens is 3. The van der Waals surface area contributed by atoms with Crippen LogP contribution in [-0.4, -0.2) is 38.2 Å². The molecule has 120 valence electrons. The van der Waals surface area contributed by atoms with Gasteiger partial charge < -0.3 is 10.1 Å². The minimum Gasteiger partial charge on any atom is -0.493 e. The van der Waals surface area contributed by atoms with Crippen molar-refractivity contribution in [2.24, 2.45) is 0 Å². The molecule has 1 fully saturated rings. The van der Waals surface area contributed by atoms with Gasteiger partial charge in [-0.25, -0.2) is 4.39 Å². The molecule has 0 spiro atoms. The maximum absolute atomic E-state index is 13.8. The van der Waals surface area contributed by atoms with E-state index < -0.39 is 0 Å². The van der Waals surface area contributed by atoms with E-state index in [-0.39, 0.29) is 36.7 Å². The normalized spacial score (nSPS) is 16.3. The molecule has 0 unspecified atom stereocenters. The Balaban J connectivity index is 0.00000200. The zero-order chi connectivity index (χ0) is 13.7. The van der Waals surface area contributed by atoms with Crippen molar-refractivity contribution < 1.29 is 9.13 Å². The molecule has 6 heteroatoms. The molecule has 1 heterocycles. The van der Waals surface area contributed by atoms with E-state index in [1.165, 1.54) is 13.2 Å². The molecule has 1 aliphatic rings. The highest BCUT2D eigenvalue weighted by Gasteiger charge is 2.24. The summed E-state index contributed by atoms with van der Waals surface area (Å²) >= 11 is 0. The summed E-state index contributed by atoms with van der Waals surface area (Å²) < 4.78 is 19.1. The van der Waals surface area contributed by atoms with Gasteiger partial charge in [-0.1, -0.05) is 18.2 Å².